The molecule has 0 spiro atoms. The van der Waals surface area contributed by atoms with Crippen LogP contribution in [-0.4, -0.2) is 31.9 Å². The van der Waals surface area contributed by atoms with Crippen LogP contribution in [0.5, 0.6) is 5.75 Å². The van der Waals surface area contributed by atoms with E-state index in [1.54, 1.807) is 12.1 Å². The Bertz CT molecular complexity index is 608. The number of para-hydroxylation sites is 1. The third-order valence-electron chi connectivity index (χ3n) is 2.25. The fourth-order valence-electron chi connectivity index (χ4n) is 1.36. The maximum absolute atomic E-state index is 11.9. The minimum Gasteiger partial charge on any atom is -0.507 e. The van der Waals surface area contributed by atoms with Gasteiger partial charge in [-0.1, -0.05) is 12.1 Å². The minimum atomic E-state index is -1.22. The third kappa shape index (κ3) is 2.17. The molecule has 1 heterocycles. The molecule has 0 aliphatic heterocycles. The van der Waals surface area contributed by atoms with Crippen molar-refractivity contribution in [2.75, 3.05) is 0 Å². The zero-order valence-electron chi connectivity index (χ0n) is 9.07. The summed E-state index contributed by atoms with van der Waals surface area (Å²) in [6.07, 6.45) is 2.06. The van der Waals surface area contributed by atoms with Crippen molar-refractivity contribution in [2.24, 2.45) is 0 Å². The summed E-state index contributed by atoms with van der Waals surface area (Å²) in [5.74, 6) is -1.90. The zero-order chi connectivity index (χ0) is 13.1. The van der Waals surface area contributed by atoms with Crippen LogP contribution in [0.3, 0.4) is 0 Å². The van der Waals surface area contributed by atoms with E-state index in [1.807, 2.05) is 0 Å². The van der Waals surface area contributed by atoms with Crippen molar-refractivity contribution in [3.05, 3.63) is 53.6 Å². The monoisotopic (exact) mass is 244 g/mol. The molecule has 1 aromatic heterocycles. The fourth-order valence-corrected chi connectivity index (χ4v) is 1.36. The van der Waals surface area contributed by atoms with Gasteiger partial charge in [0.2, 0.25) is 5.78 Å². The molecule has 0 amide bonds. The van der Waals surface area contributed by atoms with Crippen molar-refractivity contribution in [1.29, 1.82) is 0 Å². The summed E-state index contributed by atoms with van der Waals surface area (Å²) in [6, 6.07) is 6.02. The molecule has 0 aliphatic rings. The van der Waals surface area contributed by atoms with E-state index in [0.29, 0.717) is 0 Å². The Morgan fingerprint density at radius 2 is 1.61 bits per heavy atom. The van der Waals surface area contributed by atoms with Gasteiger partial charge in [0.1, 0.15) is 11.4 Å². The van der Waals surface area contributed by atoms with Crippen molar-refractivity contribution in [1.82, 2.24) is 9.97 Å². The highest BCUT2D eigenvalue weighted by Crippen LogP contribution is 2.18. The van der Waals surface area contributed by atoms with Crippen LogP contribution in [0.4, 0.5) is 0 Å². The number of aromatic hydroxyl groups is 1. The van der Waals surface area contributed by atoms with Crippen LogP contribution in [0, 0.1) is 0 Å². The van der Waals surface area contributed by atoms with Gasteiger partial charge in [-0.25, -0.2) is 14.8 Å². The highest BCUT2D eigenvalue weighted by Gasteiger charge is 2.15. The first-order chi connectivity index (χ1) is 8.59. The number of benzene rings is 1. The fraction of sp³-hybridized carbons (Fsp3) is 0. The number of nitrogens with zero attached hydrogens (tertiary/aromatic N) is 2. The molecule has 0 unspecified atom stereocenters. The Morgan fingerprint density at radius 3 is 2.17 bits per heavy atom. The van der Waals surface area contributed by atoms with Crippen molar-refractivity contribution in [2.45, 2.75) is 0 Å². The lowest BCUT2D eigenvalue weighted by molar-refractivity contribution is 0.0689. The molecule has 6 nitrogen and oxygen atoms in total. The summed E-state index contributed by atoms with van der Waals surface area (Å²) in [4.78, 5) is 29.8. The molecule has 0 saturated heterocycles. The van der Waals surface area contributed by atoms with Gasteiger partial charge < -0.3 is 10.2 Å². The highest BCUT2D eigenvalue weighted by atomic mass is 16.4. The number of carbonyl (C=O) groups excluding carboxylic acids is 1. The third-order valence-corrected chi connectivity index (χ3v) is 2.25. The summed E-state index contributed by atoms with van der Waals surface area (Å²) in [7, 11) is 0. The number of hydrogen-bond acceptors (Lipinski definition) is 5. The number of carboxylic acid groups (broad SMARTS) is 1. The number of carboxylic acids is 1. The Balaban J connectivity index is 2.35. The van der Waals surface area contributed by atoms with Crippen molar-refractivity contribution in [3.63, 3.8) is 0 Å². The van der Waals surface area contributed by atoms with Crippen molar-refractivity contribution in [3.8, 4) is 5.75 Å². The predicted molar refractivity (Wildman–Crippen MR) is 60.5 cm³/mol. The molecule has 0 aliphatic carbocycles. The Kier molecular flexibility index (Phi) is 3.01. The van der Waals surface area contributed by atoms with Gasteiger partial charge in [-0.3, -0.25) is 4.79 Å². The van der Waals surface area contributed by atoms with Gasteiger partial charge in [0.15, 0.2) is 5.69 Å². The van der Waals surface area contributed by atoms with Crippen molar-refractivity contribution < 1.29 is 19.8 Å². The van der Waals surface area contributed by atoms with Crippen LogP contribution in [0.2, 0.25) is 0 Å². The van der Waals surface area contributed by atoms with Gasteiger partial charge in [-0.15, -0.1) is 0 Å². The number of carbonyl (C=O) groups is 2. The minimum absolute atomic E-state index is 0.0264. The molecule has 18 heavy (non-hydrogen) atoms. The molecular weight excluding hydrogens is 236 g/mol. The largest absolute Gasteiger partial charge is 0.507 e. The molecule has 1 aromatic carbocycles. The number of ketones is 1. The van der Waals surface area contributed by atoms with E-state index in [4.69, 9.17) is 5.11 Å². The lowest BCUT2D eigenvalue weighted by Gasteiger charge is -2.02. The normalized spacial score (nSPS) is 10.0. The number of aromatic nitrogens is 2. The molecule has 6 heteroatoms. The first-order valence-corrected chi connectivity index (χ1v) is 4.97. The molecule has 0 fully saturated rings. The van der Waals surface area contributed by atoms with E-state index in [9.17, 15) is 14.7 Å². The number of aromatic carboxylic acids is 1. The Labute approximate surface area is 102 Å². The maximum Gasteiger partial charge on any atom is 0.356 e. The second-order valence-corrected chi connectivity index (χ2v) is 3.44. The molecule has 0 radical (unpaired) electrons. The average molecular weight is 244 g/mol. The second-order valence-electron chi connectivity index (χ2n) is 3.44. The Hall–Kier alpha value is -2.76. The summed E-state index contributed by atoms with van der Waals surface area (Å²) in [5, 5.41) is 18.2. The lowest BCUT2D eigenvalue weighted by atomic mass is 10.1. The quantitative estimate of drug-likeness (QED) is 0.784. The zero-order valence-corrected chi connectivity index (χ0v) is 9.07. The first kappa shape index (κ1) is 11.7. The topological polar surface area (TPSA) is 100 Å². The van der Waals surface area contributed by atoms with Crippen LogP contribution in [0.15, 0.2) is 36.7 Å². The van der Waals surface area contributed by atoms with Gasteiger partial charge in [-0.05, 0) is 12.1 Å². The molecule has 2 rings (SSSR count). The van der Waals surface area contributed by atoms with Gasteiger partial charge in [0.25, 0.3) is 0 Å². The number of phenols is 1. The molecule has 2 aromatic rings. The predicted octanol–water partition coefficient (Wildman–Crippen LogP) is 1.11. The van der Waals surface area contributed by atoms with Gasteiger partial charge in [0, 0.05) is 0 Å². The molecule has 2 N–H and O–H groups in total. The summed E-state index contributed by atoms with van der Waals surface area (Å²) >= 11 is 0. The van der Waals surface area contributed by atoms with Crippen LogP contribution < -0.4 is 0 Å². The number of hydrogen-bond donors (Lipinski definition) is 2. The summed E-state index contributed by atoms with van der Waals surface area (Å²) < 4.78 is 0. The maximum atomic E-state index is 11.9. The SMILES string of the molecule is O=C(O)c1cnc(C(=O)c2ccccc2O)cn1. The van der Waals surface area contributed by atoms with E-state index < -0.39 is 11.8 Å². The van der Waals surface area contributed by atoms with E-state index in [0.717, 1.165) is 12.4 Å². The molecule has 0 bridgehead atoms. The van der Waals surface area contributed by atoms with Crippen LogP contribution >= 0.6 is 0 Å². The molecule has 90 valence electrons. The second kappa shape index (κ2) is 4.62. The standard InChI is InChI=1S/C12H8N2O4/c15-10-4-2-1-3-7(10)11(16)8-5-14-9(6-13-8)12(17)18/h1-6,15H,(H,17,18). The van der Waals surface area contributed by atoms with Gasteiger partial charge in [-0.2, -0.15) is 0 Å². The van der Waals surface area contributed by atoms with E-state index in [-0.39, 0.29) is 22.7 Å². The lowest BCUT2D eigenvalue weighted by Crippen LogP contribution is -2.08. The van der Waals surface area contributed by atoms with E-state index >= 15 is 0 Å². The van der Waals surface area contributed by atoms with E-state index in [2.05, 4.69) is 9.97 Å². The Morgan fingerprint density at radius 1 is 1.00 bits per heavy atom. The van der Waals surface area contributed by atoms with Gasteiger partial charge >= 0.3 is 5.97 Å². The number of rotatable bonds is 3. The summed E-state index contributed by atoms with van der Waals surface area (Å²) in [5.41, 5.74) is -0.180. The van der Waals surface area contributed by atoms with Crippen molar-refractivity contribution >= 4 is 11.8 Å². The van der Waals surface area contributed by atoms with Crippen LogP contribution in [0.25, 0.3) is 0 Å². The molecule has 0 saturated carbocycles. The highest BCUT2D eigenvalue weighted by molar-refractivity contribution is 6.09. The average Bonchev–Trinajstić information content (AvgIpc) is 2.38. The first-order valence-electron chi connectivity index (χ1n) is 4.97. The number of phenolic OH excluding ortho intramolecular Hbond substituents is 1. The smallest absolute Gasteiger partial charge is 0.356 e. The van der Waals surface area contributed by atoms with Crippen LogP contribution in [0.1, 0.15) is 26.5 Å². The summed E-state index contributed by atoms with van der Waals surface area (Å²) in [6.45, 7) is 0. The molecular formula is C12H8N2O4. The van der Waals surface area contributed by atoms with E-state index in [1.165, 1.54) is 12.1 Å². The van der Waals surface area contributed by atoms with Gasteiger partial charge in [0.05, 0.1) is 18.0 Å². The van der Waals surface area contributed by atoms with Crippen LogP contribution in [-0.2, 0) is 0 Å². The molecule has 0 atom stereocenters.